The maximum Gasteiger partial charge on any atom is 0.418 e. The molecule has 14 heteroatoms. The summed E-state index contributed by atoms with van der Waals surface area (Å²) >= 11 is 0. The van der Waals surface area contributed by atoms with Gasteiger partial charge in [-0.25, -0.2) is 9.59 Å². The third-order valence-electron chi connectivity index (χ3n) is 5.61. The molecule has 3 aliphatic rings. The van der Waals surface area contributed by atoms with Gasteiger partial charge in [0.15, 0.2) is 0 Å². The number of carbonyl (C=O) groups excluding carboxylic acids is 3. The van der Waals surface area contributed by atoms with E-state index in [0.717, 1.165) is 0 Å². The number of fused-ring (bicyclic) bond motifs is 2. The van der Waals surface area contributed by atoms with Gasteiger partial charge in [-0.15, -0.1) is 4.28 Å². The lowest BCUT2D eigenvalue weighted by atomic mass is 9.95. The van der Waals surface area contributed by atoms with E-state index >= 15 is 0 Å². The fourth-order valence-electron chi connectivity index (χ4n) is 4.10. The lowest BCUT2D eigenvalue weighted by Gasteiger charge is -2.34. The molecule has 0 radical (unpaired) electrons. The van der Waals surface area contributed by atoms with Gasteiger partial charge in [0.05, 0.1) is 12.1 Å². The predicted octanol–water partition coefficient (Wildman–Crippen LogP) is 0.730. The van der Waals surface area contributed by atoms with Crippen molar-refractivity contribution in [1.82, 2.24) is 20.2 Å². The summed E-state index contributed by atoms with van der Waals surface area (Å²) in [4.78, 5) is 40.1. The Labute approximate surface area is 186 Å². The van der Waals surface area contributed by atoms with Crippen LogP contribution in [-0.4, -0.2) is 89.0 Å². The summed E-state index contributed by atoms with van der Waals surface area (Å²) < 4.78 is 40.5. The maximum atomic E-state index is 12.7. The number of piperidine rings is 2. The van der Waals surface area contributed by atoms with E-state index in [1.54, 1.807) is 25.7 Å². The standard InChI is InChI=1S/C18H29N5O8S/c1-18(2,3)30-17(26)21-8-6-11(7-9-21)15(24)20-14(19)13-5-4-12-10-22(13)16(25)23(12)31-32(27,28)29/h11-13H,4-10H2,1-3H3,(H2,19,20,24)(H,27,28,29). The van der Waals surface area contributed by atoms with Crippen LogP contribution in [0.4, 0.5) is 9.59 Å². The number of nitrogens with zero attached hydrogens (tertiary/aromatic N) is 3. The molecule has 0 aromatic carbocycles. The van der Waals surface area contributed by atoms with E-state index in [1.165, 1.54) is 4.90 Å². The highest BCUT2D eigenvalue weighted by Crippen LogP contribution is 2.31. The van der Waals surface area contributed by atoms with E-state index in [2.05, 4.69) is 9.60 Å². The molecule has 0 spiro atoms. The van der Waals surface area contributed by atoms with Crippen molar-refractivity contribution >= 4 is 34.3 Å². The van der Waals surface area contributed by atoms with E-state index in [-0.39, 0.29) is 24.2 Å². The second kappa shape index (κ2) is 8.83. The minimum Gasteiger partial charge on any atom is -0.444 e. The molecule has 3 rings (SSSR count). The monoisotopic (exact) mass is 475 g/mol. The number of ether oxygens (including phenoxy) is 1. The Morgan fingerprint density at radius 1 is 1.16 bits per heavy atom. The molecule has 0 aromatic heterocycles. The Morgan fingerprint density at radius 3 is 2.34 bits per heavy atom. The molecule has 0 aliphatic carbocycles. The maximum absolute atomic E-state index is 12.7. The molecule has 2 atom stereocenters. The lowest BCUT2D eigenvalue weighted by Crippen LogP contribution is -2.52. The van der Waals surface area contributed by atoms with Gasteiger partial charge in [0.1, 0.15) is 11.4 Å². The fraction of sp³-hybridized carbons (Fsp3) is 0.778. The highest BCUT2D eigenvalue weighted by molar-refractivity contribution is 7.80. The van der Waals surface area contributed by atoms with Crippen LogP contribution in [0.2, 0.25) is 0 Å². The SMILES string of the molecule is CC(C)(C)OC(=O)N1CCC(C(=O)NC(=N)C2CCC3CN2C(=O)N3OS(=O)(=O)O)CC1. The summed E-state index contributed by atoms with van der Waals surface area (Å²) in [5.41, 5.74) is -0.603. The van der Waals surface area contributed by atoms with Crippen molar-refractivity contribution in [3.63, 3.8) is 0 Å². The number of amides is 4. The summed E-state index contributed by atoms with van der Waals surface area (Å²) in [5, 5.41) is 11.4. The topological polar surface area (TPSA) is 170 Å². The molecule has 2 unspecified atom stereocenters. The zero-order chi connectivity index (χ0) is 23.8. The van der Waals surface area contributed by atoms with Crippen LogP contribution < -0.4 is 5.32 Å². The first-order valence-electron chi connectivity index (χ1n) is 10.4. The van der Waals surface area contributed by atoms with Gasteiger partial charge in [-0.1, -0.05) is 0 Å². The second-order valence-electron chi connectivity index (χ2n) is 9.15. The van der Waals surface area contributed by atoms with E-state index in [1.807, 2.05) is 0 Å². The van der Waals surface area contributed by atoms with E-state index in [9.17, 15) is 22.8 Å². The molecular formula is C18H29N5O8S. The third kappa shape index (κ3) is 5.66. The van der Waals surface area contributed by atoms with Crippen LogP contribution in [0.25, 0.3) is 0 Å². The first-order chi connectivity index (χ1) is 14.7. The summed E-state index contributed by atoms with van der Waals surface area (Å²) in [6, 6.07) is -2.10. The van der Waals surface area contributed by atoms with E-state index in [0.29, 0.717) is 43.8 Å². The first kappa shape index (κ1) is 24.2. The summed E-state index contributed by atoms with van der Waals surface area (Å²) in [7, 11) is -4.85. The number of hydroxylamine groups is 2. The van der Waals surface area contributed by atoms with Gasteiger partial charge in [0, 0.05) is 25.6 Å². The Balaban J connectivity index is 1.52. The molecule has 0 saturated carbocycles. The first-order valence-corrected chi connectivity index (χ1v) is 11.8. The van der Waals surface area contributed by atoms with Crippen LogP contribution in [0.15, 0.2) is 0 Å². The summed E-state index contributed by atoms with van der Waals surface area (Å²) in [6.45, 7) is 6.18. The number of likely N-dealkylation sites (tertiary alicyclic amines) is 1. The van der Waals surface area contributed by atoms with Crippen LogP contribution >= 0.6 is 0 Å². The van der Waals surface area contributed by atoms with Crippen LogP contribution in [0, 0.1) is 11.3 Å². The third-order valence-corrected chi connectivity index (χ3v) is 5.95. The quantitative estimate of drug-likeness (QED) is 0.303. The molecule has 0 aromatic rings. The Hall–Kier alpha value is -2.45. The highest BCUT2D eigenvalue weighted by atomic mass is 32.3. The van der Waals surface area contributed by atoms with Gasteiger partial charge in [-0.2, -0.15) is 13.5 Å². The summed E-state index contributed by atoms with van der Waals surface area (Å²) in [6.07, 6.45) is 1.09. The minimum atomic E-state index is -4.85. The molecule has 3 saturated heterocycles. The molecule has 4 amide bonds. The van der Waals surface area contributed by atoms with Crippen molar-refractivity contribution in [1.29, 1.82) is 5.41 Å². The largest absolute Gasteiger partial charge is 0.444 e. The fourth-order valence-corrected chi connectivity index (χ4v) is 4.49. The Bertz CT molecular complexity index is 894. The van der Waals surface area contributed by atoms with Gasteiger partial charge in [0.2, 0.25) is 5.91 Å². The number of urea groups is 1. The normalized spacial score (nSPS) is 24.5. The van der Waals surface area contributed by atoms with Crippen LogP contribution in [0.5, 0.6) is 0 Å². The van der Waals surface area contributed by atoms with Crippen LogP contribution in [0.3, 0.4) is 0 Å². The van der Waals surface area contributed by atoms with Crippen molar-refractivity contribution in [2.45, 2.75) is 64.1 Å². The van der Waals surface area contributed by atoms with Crippen molar-refractivity contribution in [2.75, 3.05) is 19.6 Å². The molecule has 2 bridgehead atoms. The molecule has 32 heavy (non-hydrogen) atoms. The predicted molar refractivity (Wildman–Crippen MR) is 110 cm³/mol. The van der Waals surface area contributed by atoms with Crippen molar-refractivity contribution in [3.05, 3.63) is 0 Å². The molecular weight excluding hydrogens is 446 g/mol. The van der Waals surface area contributed by atoms with Crippen LogP contribution in [-0.2, 0) is 24.2 Å². The van der Waals surface area contributed by atoms with Gasteiger partial charge < -0.3 is 19.9 Å². The van der Waals surface area contributed by atoms with E-state index < -0.39 is 40.2 Å². The van der Waals surface area contributed by atoms with Gasteiger partial charge in [0.25, 0.3) is 0 Å². The van der Waals surface area contributed by atoms with Gasteiger partial charge >= 0.3 is 22.5 Å². The minimum absolute atomic E-state index is 0.117. The number of carbonyl (C=O) groups is 3. The molecule has 13 nitrogen and oxygen atoms in total. The number of hydrogen-bond donors (Lipinski definition) is 3. The van der Waals surface area contributed by atoms with Gasteiger partial charge in [-0.3, -0.25) is 14.8 Å². The second-order valence-corrected chi connectivity index (χ2v) is 10.2. The average molecular weight is 476 g/mol. The number of nitrogens with one attached hydrogen (secondary N) is 2. The van der Waals surface area contributed by atoms with Gasteiger partial charge in [-0.05, 0) is 46.5 Å². The van der Waals surface area contributed by atoms with Crippen LogP contribution in [0.1, 0.15) is 46.5 Å². The zero-order valence-corrected chi connectivity index (χ0v) is 19.1. The smallest absolute Gasteiger partial charge is 0.418 e. The Morgan fingerprint density at radius 2 is 1.78 bits per heavy atom. The molecule has 3 N–H and O–H groups in total. The van der Waals surface area contributed by atoms with Crippen molar-refractivity contribution in [2.24, 2.45) is 5.92 Å². The Kier molecular flexibility index (Phi) is 6.67. The number of amidine groups is 1. The van der Waals surface area contributed by atoms with Crippen molar-refractivity contribution in [3.8, 4) is 0 Å². The summed E-state index contributed by atoms with van der Waals surface area (Å²) in [5.74, 6) is -0.914. The molecule has 3 fully saturated rings. The average Bonchev–Trinajstić information content (AvgIpc) is 2.90. The highest BCUT2D eigenvalue weighted by Gasteiger charge is 2.48. The lowest BCUT2D eigenvalue weighted by molar-refractivity contribution is -0.125. The van der Waals surface area contributed by atoms with E-state index in [4.69, 9.17) is 14.7 Å². The zero-order valence-electron chi connectivity index (χ0n) is 18.2. The number of rotatable bonds is 4. The number of hydrogen-bond acceptors (Lipinski definition) is 8. The molecule has 3 heterocycles. The molecule has 180 valence electrons. The van der Waals surface area contributed by atoms with Crippen molar-refractivity contribution < 1.29 is 36.4 Å². The molecule has 3 aliphatic heterocycles.